The van der Waals surface area contributed by atoms with Crippen molar-refractivity contribution in [3.8, 4) is 0 Å². The molecule has 18 heavy (non-hydrogen) atoms. The van der Waals surface area contributed by atoms with Crippen LogP contribution in [0.4, 0.5) is 0 Å². The van der Waals surface area contributed by atoms with Gasteiger partial charge in [0.2, 0.25) is 0 Å². The zero-order chi connectivity index (χ0) is 12.2. The van der Waals surface area contributed by atoms with Gasteiger partial charge >= 0.3 is 0 Å². The lowest BCUT2D eigenvalue weighted by molar-refractivity contribution is 0.352. The van der Waals surface area contributed by atoms with E-state index in [1.165, 1.54) is 56.9 Å². The minimum Gasteiger partial charge on any atom is -0.0990 e. The van der Waals surface area contributed by atoms with Crippen molar-refractivity contribution in [1.82, 2.24) is 0 Å². The third kappa shape index (κ3) is 1.51. The third-order valence-electron chi connectivity index (χ3n) is 6.31. The largest absolute Gasteiger partial charge is 0.0990 e. The van der Waals surface area contributed by atoms with Gasteiger partial charge in [0.15, 0.2) is 0 Å². The van der Waals surface area contributed by atoms with E-state index in [9.17, 15) is 0 Å². The second-order valence-electron chi connectivity index (χ2n) is 7.35. The molecule has 0 amide bonds. The Kier molecular flexibility index (Phi) is 2.23. The van der Waals surface area contributed by atoms with Crippen LogP contribution in [0.15, 0.2) is 36.5 Å². The highest BCUT2D eigenvalue weighted by atomic mass is 14.5. The smallest absolute Gasteiger partial charge is 0.00939 e. The summed E-state index contributed by atoms with van der Waals surface area (Å²) in [6, 6.07) is 0. The molecule has 0 saturated heterocycles. The maximum Gasteiger partial charge on any atom is 0.00939 e. The number of hydrogen-bond donors (Lipinski definition) is 0. The molecular formula is C18H24. The molecule has 4 rings (SSSR count). The predicted molar refractivity (Wildman–Crippen MR) is 76.2 cm³/mol. The molecule has 96 valence electrons. The first-order chi connectivity index (χ1) is 8.70. The molecule has 0 aromatic rings. The molecule has 0 nitrogen and oxygen atoms in total. The molecule has 4 bridgehead atoms. The lowest BCUT2D eigenvalue weighted by Gasteiger charge is -2.30. The van der Waals surface area contributed by atoms with Gasteiger partial charge < -0.3 is 0 Å². The van der Waals surface area contributed by atoms with Crippen molar-refractivity contribution in [3.05, 3.63) is 36.5 Å². The van der Waals surface area contributed by atoms with Gasteiger partial charge in [-0.1, -0.05) is 36.5 Å². The first-order valence-electron chi connectivity index (χ1n) is 7.77. The van der Waals surface area contributed by atoms with E-state index < -0.39 is 0 Å². The monoisotopic (exact) mass is 240 g/mol. The summed E-state index contributed by atoms with van der Waals surface area (Å²) in [4.78, 5) is 0. The SMILES string of the molecule is C=C(CCC12C=CC(CC1)C2)C12C=CC(CC1)C2. The predicted octanol–water partition coefficient (Wildman–Crippen LogP) is 5.04. The maximum absolute atomic E-state index is 4.47. The zero-order valence-corrected chi connectivity index (χ0v) is 11.3. The van der Waals surface area contributed by atoms with Crippen LogP contribution in [0.1, 0.15) is 51.4 Å². The van der Waals surface area contributed by atoms with Crippen molar-refractivity contribution in [3.63, 3.8) is 0 Å². The Hall–Kier alpha value is -0.780. The molecule has 0 aromatic heterocycles. The van der Waals surface area contributed by atoms with Crippen LogP contribution in [0.3, 0.4) is 0 Å². The summed E-state index contributed by atoms with van der Waals surface area (Å²) in [7, 11) is 0. The van der Waals surface area contributed by atoms with E-state index in [1.807, 2.05) is 0 Å². The van der Waals surface area contributed by atoms with Gasteiger partial charge in [0.1, 0.15) is 0 Å². The molecule has 0 heterocycles. The molecule has 0 N–H and O–H groups in total. The standard InChI is InChI=1S/C18H24/c1-14(18-10-5-16(13-18)6-11-18)2-7-17-8-3-15(12-17)4-9-17/h3,5,8,10,15-16H,1-2,4,6-7,9,11-13H2. The fourth-order valence-corrected chi connectivity index (χ4v) is 5.00. The summed E-state index contributed by atoms with van der Waals surface area (Å²) in [5.41, 5.74) is 2.53. The molecular weight excluding hydrogens is 216 g/mol. The molecule has 2 saturated carbocycles. The normalized spacial score (nSPS) is 47.3. The molecule has 0 aromatic carbocycles. The van der Waals surface area contributed by atoms with Crippen molar-refractivity contribution >= 4 is 0 Å². The van der Waals surface area contributed by atoms with Crippen LogP contribution in [-0.4, -0.2) is 0 Å². The lowest BCUT2D eigenvalue weighted by Crippen LogP contribution is -2.18. The minimum atomic E-state index is 0.418. The molecule has 2 fully saturated rings. The van der Waals surface area contributed by atoms with Crippen molar-refractivity contribution in [2.24, 2.45) is 22.7 Å². The molecule has 4 aliphatic rings. The van der Waals surface area contributed by atoms with Crippen LogP contribution >= 0.6 is 0 Å². The molecule has 0 radical (unpaired) electrons. The van der Waals surface area contributed by atoms with Gasteiger partial charge in [0.05, 0.1) is 0 Å². The highest BCUT2D eigenvalue weighted by molar-refractivity contribution is 5.29. The average Bonchev–Trinajstić information content (AvgIpc) is 3.15. The number of hydrogen-bond acceptors (Lipinski definition) is 0. The molecule has 4 unspecified atom stereocenters. The van der Waals surface area contributed by atoms with Gasteiger partial charge in [0.25, 0.3) is 0 Å². The van der Waals surface area contributed by atoms with Gasteiger partial charge in [-0.15, -0.1) is 0 Å². The van der Waals surface area contributed by atoms with Gasteiger partial charge in [-0.2, -0.15) is 0 Å². The highest BCUT2D eigenvalue weighted by Crippen LogP contribution is 2.56. The summed E-state index contributed by atoms with van der Waals surface area (Å²) < 4.78 is 0. The van der Waals surface area contributed by atoms with Crippen LogP contribution in [0.2, 0.25) is 0 Å². The van der Waals surface area contributed by atoms with Crippen molar-refractivity contribution in [2.75, 3.05) is 0 Å². The fraction of sp³-hybridized carbons (Fsp3) is 0.667. The average molecular weight is 240 g/mol. The molecule has 0 aliphatic heterocycles. The second kappa shape index (κ2) is 3.62. The van der Waals surface area contributed by atoms with E-state index in [2.05, 4.69) is 30.9 Å². The van der Waals surface area contributed by atoms with Gasteiger partial charge in [-0.05, 0) is 68.6 Å². The zero-order valence-electron chi connectivity index (χ0n) is 11.3. The Morgan fingerprint density at radius 1 is 1.06 bits per heavy atom. The Bertz CT molecular complexity index is 441. The quantitative estimate of drug-likeness (QED) is 0.604. The Labute approximate surface area is 111 Å². The summed E-state index contributed by atoms with van der Waals surface area (Å²) in [5, 5.41) is 0. The number of rotatable bonds is 4. The Morgan fingerprint density at radius 3 is 2.33 bits per heavy atom. The summed E-state index contributed by atoms with van der Waals surface area (Å²) in [6.07, 6.45) is 21.0. The maximum atomic E-state index is 4.47. The van der Waals surface area contributed by atoms with Gasteiger partial charge in [-0.3, -0.25) is 0 Å². The van der Waals surface area contributed by atoms with Crippen LogP contribution in [-0.2, 0) is 0 Å². The summed E-state index contributed by atoms with van der Waals surface area (Å²) >= 11 is 0. The lowest BCUT2D eigenvalue weighted by atomic mass is 9.74. The molecule has 0 spiro atoms. The van der Waals surface area contributed by atoms with E-state index >= 15 is 0 Å². The van der Waals surface area contributed by atoms with Gasteiger partial charge in [0, 0.05) is 5.41 Å². The van der Waals surface area contributed by atoms with Crippen LogP contribution in [0.5, 0.6) is 0 Å². The van der Waals surface area contributed by atoms with Crippen molar-refractivity contribution in [1.29, 1.82) is 0 Å². The molecule has 4 aliphatic carbocycles. The summed E-state index contributed by atoms with van der Waals surface area (Å²) in [5.74, 6) is 1.79. The van der Waals surface area contributed by atoms with Crippen molar-refractivity contribution < 1.29 is 0 Å². The number of fused-ring (bicyclic) bond motifs is 4. The Morgan fingerprint density at radius 2 is 1.83 bits per heavy atom. The highest BCUT2D eigenvalue weighted by Gasteiger charge is 2.44. The van der Waals surface area contributed by atoms with E-state index in [0.29, 0.717) is 10.8 Å². The van der Waals surface area contributed by atoms with E-state index in [-0.39, 0.29) is 0 Å². The Balaban J connectivity index is 1.42. The first-order valence-corrected chi connectivity index (χ1v) is 7.77. The minimum absolute atomic E-state index is 0.418. The van der Waals surface area contributed by atoms with Crippen LogP contribution in [0, 0.1) is 22.7 Å². The summed E-state index contributed by atoms with van der Waals surface area (Å²) in [6.45, 7) is 4.47. The number of allylic oxidation sites excluding steroid dienone is 5. The third-order valence-corrected chi connectivity index (χ3v) is 6.31. The van der Waals surface area contributed by atoms with E-state index in [1.54, 1.807) is 0 Å². The van der Waals surface area contributed by atoms with E-state index in [4.69, 9.17) is 0 Å². The molecule has 0 heteroatoms. The fourth-order valence-electron chi connectivity index (χ4n) is 5.00. The second-order valence-corrected chi connectivity index (χ2v) is 7.35. The van der Waals surface area contributed by atoms with Crippen LogP contribution < -0.4 is 0 Å². The van der Waals surface area contributed by atoms with Crippen molar-refractivity contribution in [2.45, 2.75) is 51.4 Å². The van der Waals surface area contributed by atoms with Gasteiger partial charge in [-0.25, -0.2) is 0 Å². The van der Waals surface area contributed by atoms with Crippen LogP contribution in [0.25, 0.3) is 0 Å². The molecule has 4 atom stereocenters. The first kappa shape index (κ1) is 11.1. The van der Waals surface area contributed by atoms with E-state index in [0.717, 1.165) is 11.8 Å². The topological polar surface area (TPSA) is 0 Å².